The fourth-order valence-corrected chi connectivity index (χ4v) is 3.05. The molecule has 0 radical (unpaired) electrons. The van der Waals surface area contributed by atoms with Crippen LogP contribution in [-0.4, -0.2) is 25.8 Å². The molecule has 0 saturated heterocycles. The van der Waals surface area contributed by atoms with E-state index in [1.54, 1.807) is 6.92 Å². The summed E-state index contributed by atoms with van der Waals surface area (Å²) in [6.45, 7) is 1.98. The largest absolute Gasteiger partial charge is 0.506 e. The molecule has 0 aliphatic heterocycles. The molecule has 0 saturated carbocycles. The maximum Gasteiger partial charge on any atom is 0.266 e. The maximum absolute atomic E-state index is 13.7. The van der Waals surface area contributed by atoms with Crippen LogP contribution in [0.2, 0.25) is 0 Å². The highest BCUT2D eigenvalue weighted by Crippen LogP contribution is 2.26. The van der Waals surface area contributed by atoms with Gasteiger partial charge in [-0.15, -0.1) is 0 Å². The van der Waals surface area contributed by atoms with E-state index in [4.69, 9.17) is 0 Å². The number of fused-ring (bicyclic) bond motifs is 1. The van der Waals surface area contributed by atoms with E-state index in [-0.39, 0.29) is 11.1 Å². The van der Waals surface area contributed by atoms with Gasteiger partial charge < -0.3 is 15.4 Å². The number of halogens is 1. The van der Waals surface area contributed by atoms with Crippen LogP contribution in [0.25, 0.3) is 11.0 Å². The number of amides is 1. The molecular weight excluding hydrogens is 375 g/mol. The smallest absolute Gasteiger partial charge is 0.266 e. The van der Waals surface area contributed by atoms with Crippen molar-refractivity contribution < 1.29 is 14.3 Å². The number of anilines is 1. The van der Waals surface area contributed by atoms with Crippen molar-refractivity contribution in [3.05, 3.63) is 87.6 Å². The first kappa shape index (κ1) is 18.4. The number of aromatic hydroxyl groups is 1. The van der Waals surface area contributed by atoms with Gasteiger partial charge in [-0.3, -0.25) is 9.59 Å². The summed E-state index contributed by atoms with van der Waals surface area (Å²) in [5.41, 5.74) is 0.635. The molecule has 1 amide bonds. The quantitative estimate of drug-likeness (QED) is 0.497. The summed E-state index contributed by atoms with van der Waals surface area (Å²) in [5.74, 6) is -1.81. The van der Waals surface area contributed by atoms with E-state index in [1.807, 2.05) is 30.3 Å². The van der Waals surface area contributed by atoms with Crippen LogP contribution in [0, 0.1) is 12.7 Å². The summed E-state index contributed by atoms with van der Waals surface area (Å²) in [4.78, 5) is 27.7. The Morgan fingerprint density at radius 3 is 2.72 bits per heavy atom. The van der Waals surface area contributed by atoms with Crippen molar-refractivity contribution in [2.45, 2.75) is 13.5 Å². The van der Waals surface area contributed by atoms with Gasteiger partial charge in [0.15, 0.2) is 0 Å². The van der Waals surface area contributed by atoms with Gasteiger partial charge in [0, 0.05) is 5.69 Å². The van der Waals surface area contributed by atoms with Crippen molar-refractivity contribution in [2.24, 2.45) is 0 Å². The SMILES string of the molecule is Cc1ccc(NC(=O)c2c(O)c3cnn(Cc4ccccc4)c3[nH]c2=O)cc1F. The molecule has 4 aromatic rings. The van der Waals surface area contributed by atoms with E-state index < -0.39 is 28.6 Å². The molecule has 3 N–H and O–H groups in total. The highest BCUT2D eigenvalue weighted by atomic mass is 19.1. The summed E-state index contributed by atoms with van der Waals surface area (Å²) in [5, 5.41) is 17.4. The number of benzene rings is 2. The molecule has 29 heavy (non-hydrogen) atoms. The third kappa shape index (κ3) is 3.47. The van der Waals surface area contributed by atoms with Gasteiger partial charge in [0.2, 0.25) is 0 Å². The molecule has 0 aliphatic rings. The van der Waals surface area contributed by atoms with E-state index in [0.717, 1.165) is 11.6 Å². The molecule has 8 heteroatoms. The number of H-pyrrole nitrogens is 1. The predicted octanol–water partition coefficient (Wildman–Crippen LogP) is 3.18. The van der Waals surface area contributed by atoms with Gasteiger partial charge >= 0.3 is 0 Å². The lowest BCUT2D eigenvalue weighted by Crippen LogP contribution is -2.24. The van der Waals surface area contributed by atoms with E-state index in [1.165, 1.54) is 23.0 Å². The lowest BCUT2D eigenvalue weighted by atomic mass is 10.1. The zero-order valence-electron chi connectivity index (χ0n) is 15.4. The standard InChI is InChI=1S/C21H17FN4O3/c1-12-7-8-14(9-16(12)22)24-20(28)17-18(27)15-10-23-26(19(15)25-21(17)29)11-13-5-3-2-4-6-13/h2-10H,11H2,1H3,(H,24,28)(H2,25,27,29). The Balaban J connectivity index is 1.69. The van der Waals surface area contributed by atoms with Gasteiger partial charge in [0.25, 0.3) is 11.5 Å². The number of hydrogen-bond donors (Lipinski definition) is 3. The molecular formula is C21H17FN4O3. The van der Waals surface area contributed by atoms with Crippen LogP contribution in [0.15, 0.2) is 59.5 Å². The van der Waals surface area contributed by atoms with Crippen molar-refractivity contribution in [2.75, 3.05) is 5.32 Å². The van der Waals surface area contributed by atoms with Gasteiger partial charge in [-0.1, -0.05) is 36.4 Å². The van der Waals surface area contributed by atoms with Gasteiger partial charge in [-0.2, -0.15) is 5.10 Å². The Labute approximate surface area is 164 Å². The van der Waals surface area contributed by atoms with Crippen molar-refractivity contribution >= 4 is 22.6 Å². The van der Waals surface area contributed by atoms with Crippen LogP contribution in [0.3, 0.4) is 0 Å². The minimum Gasteiger partial charge on any atom is -0.506 e. The molecule has 0 fully saturated rings. The topological polar surface area (TPSA) is 100 Å². The van der Waals surface area contributed by atoms with Crippen LogP contribution >= 0.6 is 0 Å². The molecule has 7 nitrogen and oxygen atoms in total. The number of nitrogens with one attached hydrogen (secondary N) is 2. The summed E-state index contributed by atoms with van der Waals surface area (Å²) < 4.78 is 15.2. The Kier molecular flexibility index (Phi) is 4.59. The fourth-order valence-electron chi connectivity index (χ4n) is 3.05. The number of nitrogens with zero attached hydrogens (tertiary/aromatic N) is 2. The first-order chi connectivity index (χ1) is 13.9. The van der Waals surface area contributed by atoms with Crippen LogP contribution in [0.4, 0.5) is 10.1 Å². The number of aromatic amines is 1. The minimum atomic E-state index is -0.843. The lowest BCUT2D eigenvalue weighted by Gasteiger charge is -2.09. The zero-order chi connectivity index (χ0) is 20.5. The third-order valence-corrected chi connectivity index (χ3v) is 4.62. The molecule has 0 spiro atoms. The number of rotatable bonds is 4. The van der Waals surface area contributed by atoms with Gasteiger partial charge in [-0.25, -0.2) is 9.07 Å². The van der Waals surface area contributed by atoms with E-state index >= 15 is 0 Å². The summed E-state index contributed by atoms with van der Waals surface area (Å²) in [6, 6.07) is 13.7. The van der Waals surface area contributed by atoms with Gasteiger partial charge in [-0.05, 0) is 30.2 Å². The molecule has 2 aromatic carbocycles. The molecule has 0 atom stereocenters. The first-order valence-electron chi connectivity index (χ1n) is 8.86. The highest BCUT2D eigenvalue weighted by Gasteiger charge is 2.21. The summed E-state index contributed by atoms with van der Waals surface area (Å²) in [7, 11) is 0. The molecule has 0 aliphatic carbocycles. The predicted molar refractivity (Wildman–Crippen MR) is 107 cm³/mol. The minimum absolute atomic E-state index is 0.178. The zero-order valence-corrected chi connectivity index (χ0v) is 15.4. The Morgan fingerprint density at radius 2 is 2.00 bits per heavy atom. The summed E-state index contributed by atoms with van der Waals surface area (Å²) >= 11 is 0. The number of carbonyl (C=O) groups excluding carboxylic acids is 1. The average molecular weight is 392 g/mol. The number of aryl methyl sites for hydroxylation is 1. The monoisotopic (exact) mass is 392 g/mol. The van der Waals surface area contributed by atoms with E-state index in [0.29, 0.717) is 17.8 Å². The Morgan fingerprint density at radius 1 is 1.24 bits per heavy atom. The highest BCUT2D eigenvalue weighted by molar-refractivity contribution is 6.08. The molecule has 2 heterocycles. The number of pyridine rings is 1. The van der Waals surface area contributed by atoms with Crippen LogP contribution < -0.4 is 10.9 Å². The second-order valence-electron chi connectivity index (χ2n) is 6.65. The molecule has 2 aromatic heterocycles. The normalized spacial score (nSPS) is 11.0. The maximum atomic E-state index is 13.7. The van der Waals surface area contributed by atoms with Crippen LogP contribution in [-0.2, 0) is 6.54 Å². The molecule has 0 unspecified atom stereocenters. The Bertz CT molecular complexity index is 1280. The summed E-state index contributed by atoms with van der Waals surface area (Å²) in [6.07, 6.45) is 1.38. The van der Waals surface area contributed by atoms with E-state index in [9.17, 15) is 19.1 Å². The number of aromatic nitrogens is 3. The average Bonchev–Trinajstić information content (AvgIpc) is 3.08. The first-order valence-corrected chi connectivity index (χ1v) is 8.86. The van der Waals surface area contributed by atoms with Crippen LogP contribution in [0.5, 0.6) is 5.75 Å². The second-order valence-corrected chi connectivity index (χ2v) is 6.65. The van der Waals surface area contributed by atoms with Crippen molar-refractivity contribution in [1.82, 2.24) is 14.8 Å². The van der Waals surface area contributed by atoms with Crippen molar-refractivity contribution in [3.8, 4) is 5.75 Å². The number of hydrogen-bond acceptors (Lipinski definition) is 4. The molecule has 146 valence electrons. The van der Waals surface area contributed by atoms with Crippen molar-refractivity contribution in [1.29, 1.82) is 0 Å². The van der Waals surface area contributed by atoms with Crippen molar-refractivity contribution in [3.63, 3.8) is 0 Å². The van der Waals surface area contributed by atoms with Crippen LogP contribution in [0.1, 0.15) is 21.5 Å². The van der Waals surface area contributed by atoms with Gasteiger partial charge in [0.05, 0.1) is 18.1 Å². The molecule has 0 bridgehead atoms. The third-order valence-electron chi connectivity index (χ3n) is 4.62. The second kappa shape index (κ2) is 7.23. The fraction of sp³-hybridized carbons (Fsp3) is 0.0952. The molecule has 4 rings (SSSR count). The van der Waals surface area contributed by atoms with Gasteiger partial charge in [0.1, 0.15) is 22.8 Å². The van der Waals surface area contributed by atoms with E-state index in [2.05, 4.69) is 15.4 Å². The Hall–Kier alpha value is -3.94. The lowest BCUT2D eigenvalue weighted by molar-refractivity contribution is 0.102. The number of carbonyl (C=O) groups is 1.